The van der Waals surface area contributed by atoms with Crippen LogP contribution in [0.1, 0.15) is 27.2 Å². The first-order valence-corrected chi connectivity index (χ1v) is 8.97. The van der Waals surface area contributed by atoms with Crippen molar-refractivity contribution < 1.29 is 19.5 Å². The Bertz CT molecular complexity index is 537. The van der Waals surface area contributed by atoms with Crippen LogP contribution in [0.2, 0.25) is 0 Å². The second-order valence-electron chi connectivity index (χ2n) is 7.36. The van der Waals surface area contributed by atoms with E-state index in [0.29, 0.717) is 26.1 Å². The molecule has 0 bridgehead atoms. The molecule has 1 aliphatic heterocycles. The Kier molecular flexibility index (Phi) is 8.08. The summed E-state index contributed by atoms with van der Waals surface area (Å²) in [5, 5.41) is 9.36. The molecule has 1 fully saturated rings. The summed E-state index contributed by atoms with van der Waals surface area (Å²) in [4.78, 5) is 40.6. The number of hydrogen-bond donors (Lipinski definition) is 2. The van der Waals surface area contributed by atoms with E-state index in [1.165, 1.54) is 15.9 Å². The molecular formula is C18H32N4O4. The highest BCUT2D eigenvalue weighted by molar-refractivity contribution is 5.87. The van der Waals surface area contributed by atoms with Gasteiger partial charge in [0.15, 0.2) is 0 Å². The summed E-state index contributed by atoms with van der Waals surface area (Å²) in [6.45, 7) is 10.3. The molecule has 26 heavy (non-hydrogen) atoms. The van der Waals surface area contributed by atoms with Crippen molar-refractivity contribution >= 4 is 17.8 Å². The molecular weight excluding hydrogens is 336 g/mol. The first-order valence-electron chi connectivity index (χ1n) is 8.97. The van der Waals surface area contributed by atoms with Gasteiger partial charge in [-0.25, -0.2) is 4.79 Å². The Balaban J connectivity index is 2.73. The lowest BCUT2D eigenvalue weighted by molar-refractivity contribution is -0.130. The van der Waals surface area contributed by atoms with Gasteiger partial charge in [-0.2, -0.15) is 0 Å². The van der Waals surface area contributed by atoms with Gasteiger partial charge >= 0.3 is 6.03 Å². The monoisotopic (exact) mass is 368 g/mol. The zero-order valence-electron chi connectivity index (χ0n) is 16.2. The summed E-state index contributed by atoms with van der Waals surface area (Å²) in [6, 6.07) is -0.861. The summed E-state index contributed by atoms with van der Waals surface area (Å²) in [7, 11) is 1.60. The molecule has 1 aliphatic rings. The third kappa shape index (κ3) is 5.20. The number of primary amides is 1. The third-order valence-electron chi connectivity index (χ3n) is 5.11. The lowest BCUT2D eigenvalue weighted by Crippen LogP contribution is -2.56. The maximum absolute atomic E-state index is 12.8. The number of urea groups is 1. The van der Waals surface area contributed by atoms with E-state index in [2.05, 4.69) is 6.58 Å². The molecule has 8 heteroatoms. The number of rotatable bonds is 7. The molecule has 8 nitrogen and oxygen atoms in total. The standard InChI is InChI=1S/C18H32N4O4/c1-6-15(24)22(11-23)10-14-7-8-21(9-13(14)4)18(26)20(5)16(12(2)3)17(19)25/h6,12-14,16,23H,1,7-11H2,2-5H3,(H2,19,25)/t13-,14-,16+/m1/s1. The Morgan fingerprint density at radius 2 is 2.00 bits per heavy atom. The van der Waals surface area contributed by atoms with Crippen molar-refractivity contribution in [2.75, 3.05) is 33.4 Å². The number of amides is 4. The highest BCUT2D eigenvalue weighted by Gasteiger charge is 2.35. The fourth-order valence-electron chi connectivity index (χ4n) is 3.58. The minimum absolute atomic E-state index is 0.0700. The van der Waals surface area contributed by atoms with Crippen molar-refractivity contribution in [2.24, 2.45) is 23.5 Å². The van der Waals surface area contributed by atoms with Gasteiger partial charge in [-0.15, -0.1) is 0 Å². The van der Waals surface area contributed by atoms with Crippen LogP contribution in [0.5, 0.6) is 0 Å². The molecule has 0 saturated carbocycles. The Labute approximate surface area is 155 Å². The lowest BCUT2D eigenvalue weighted by Gasteiger charge is -2.41. The number of likely N-dealkylation sites (N-methyl/N-ethyl adjacent to an activating group) is 1. The molecule has 3 N–H and O–H groups in total. The van der Waals surface area contributed by atoms with Crippen LogP contribution >= 0.6 is 0 Å². The molecule has 0 radical (unpaired) electrons. The molecule has 1 rings (SSSR count). The van der Waals surface area contributed by atoms with E-state index >= 15 is 0 Å². The number of likely N-dealkylation sites (tertiary alicyclic amines) is 1. The van der Waals surface area contributed by atoms with Crippen LogP contribution in [0.4, 0.5) is 4.79 Å². The van der Waals surface area contributed by atoms with E-state index in [4.69, 9.17) is 5.73 Å². The SMILES string of the molecule is C=CC(=O)N(CO)C[C@H]1CCN(C(=O)N(C)[C@H](C(N)=O)C(C)C)C[C@H]1C. The van der Waals surface area contributed by atoms with Gasteiger partial charge in [-0.1, -0.05) is 27.4 Å². The average molecular weight is 368 g/mol. The van der Waals surface area contributed by atoms with Gasteiger partial charge in [0.1, 0.15) is 12.8 Å². The van der Waals surface area contributed by atoms with Crippen molar-refractivity contribution in [2.45, 2.75) is 33.2 Å². The number of aliphatic hydroxyl groups is 1. The Morgan fingerprint density at radius 1 is 1.38 bits per heavy atom. The maximum Gasteiger partial charge on any atom is 0.320 e. The van der Waals surface area contributed by atoms with Crippen LogP contribution in [-0.4, -0.2) is 77.1 Å². The normalized spacial score (nSPS) is 21.2. The number of nitrogens with zero attached hydrogens (tertiary/aromatic N) is 3. The van der Waals surface area contributed by atoms with E-state index < -0.39 is 11.9 Å². The molecule has 1 heterocycles. The number of hydrogen-bond acceptors (Lipinski definition) is 4. The summed E-state index contributed by atoms with van der Waals surface area (Å²) in [5.74, 6) is -0.560. The zero-order valence-corrected chi connectivity index (χ0v) is 16.2. The Hall–Kier alpha value is -2.09. The molecule has 1 saturated heterocycles. The molecule has 0 spiro atoms. The predicted octanol–water partition coefficient (Wildman–Crippen LogP) is 0.471. The van der Waals surface area contributed by atoms with Crippen LogP contribution in [-0.2, 0) is 9.59 Å². The van der Waals surface area contributed by atoms with Gasteiger partial charge in [0.05, 0.1) is 0 Å². The van der Waals surface area contributed by atoms with E-state index in [0.717, 1.165) is 0 Å². The van der Waals surface area contributed by atoms with Gasteiger partial charge in [0.25, 0.3) is 0 Å². The fraction of sp³-hybridized carbons (Fsp3) is 0.722. The van der Waals surface area contributed by atoms with E-state index in [-0.39, 0.29) is 36.4 Å². The largest absolute Gasteiger partial charge is 0.376 e. The zero-order chi connectivity index (χ0) is 20.0. The molecule has 148 valence electrons. The predicted molar refractivity (Wildman–Crippen MR) is 98.8 cm³/mol. The van der Waals surface area contributed by atoms with Crippen LogP contribution in [0.3, 0.4) is 0 Å². The maximum atomic E-state index is 12.8. The number of carbonyl (C=O) groups is 3. The minimum Gasteiger partial charge on any atom is -0.376 e. The van der Waals surface area contributed by atoms with Gasteiger partial charge in [-0.3, -0.25) is 9.59 Å². The fourth-order valence-corrected chi connectivity index (χ4v) is 3.58. The van der Waals surface area contributed by atoms with Crippen molar-refractivity contribution in [3.63, 3.8) is 0 Å². The van der Waals surface area contributed by atoms with Gasteiger partial charge in [-0.05, 0) is 30.3 Å². The van der Waals surface area contributed by atoms with Crippen LogP contribution in [0.15, 0.2) is 12.7 Å². The molecule has 0 unspecified atom stereocenters. The van der Waals surface area contributed by atoms with Crippen LogP contribution < -0.4 is 5.73 Å². The first kappa shape index (κ1) is 22.0. The van der Waals surface area contributed by atoms with Crippen molar-refractivity contribution in [3.05, 3.63) is 12.7 Å². The lowest BCUT2D eigenvalue weighted by atomic mass is 9.86. The number of aliphatic hydroxyl groups excluding tert-OH is 1. The smallest absolute Gasteiger partial charge is 0.320 e. The number of nitrogens with two attached hydrogens (primary N) is 1. The number of piperidine rings is 1. The van der Waals surface area contributed by atoms with Crippen molar-refractivity contribution in [1.29, 1.82) is 0 Å². The molecule has 0 aromatic rings. The molecule has 4 amide bonds. The second kappa shape index (κ2) is 9.56. The third-order valence-corrected chi connectivity index (χ3v) is 5.11. The second-order valence-corrected chi connectivity index (χ2v) is 7.36. The van der Waals surface area contributed by atoms with Gasteiger partial charge < -0.3 is 25.5 Å². The van der Waals surface area contributed by atoms with E-state index in [1.807, 2.05) is 20.8 Å². The highest BCUT2D eigenvalue weighted by Crippen LogP contribution is 2.25. The molecule has 0 aliphatic carbocycles. The van der Waals surface area contributed by atoms with Gasteiger partial charge in [0.2, 0.25) is 11.8 Å². The average Bonchev–Trinajstić information content (AvgIpc) is 2.58. The van der Waals surface area contributed by atoms with Crippen molar-refractivity contribution in [1.82, 2.24) is 14.7 Å². The van der Waals surface area contributed by atoms with Crippen molar-refractivity contribution in [3.8, 4) is 0 Å². The van der Waals surface area contributed by atoms with Crippen LogP contribution in [0, 0.1) is 17.8 Å². The molecule has 0 aromatic heterocycles. The highest BCUT2D eigenvalue weighted by atomic mass is 16.3. The first-order chi connectivity index (χ1) is 12.1. The topological polar surface area (TPSA) is 107 Å². The van der Waals surface area contributed by atoms with E-state index in [1.54, 1.807) is 11.9 Å². The van der Waals surface area contributed by atoms with Gasteiger partial charge in [0, 0.05) is 26.7 Å². The summed E-state index contributed by atoms with van der Waals surface area (Å²) in [6.07, 6.45) is 1.90. The Morgan fingerprint density at radius 3 is 2.42 bits per heavy atom. The minimum atomic E-state index is -0.648. The molecule has 0 aromatic carbocycles. The number of carbonyl (C=O) groups excluding carboxylic acids is 3. The summed E-state index contributed by atoms with van der Waals surface area (Å²) >= 11 is 0. The van der Waals surface area contributed by atoms with Crippen LogP contribution in [0.25, 0.3) is 0 Å². The quantitative estimate of drug-likeness (QED) is 0.503. The summed E-state index contributed by atoms with van der Waals surface area (Å²) in [5.41, 5.74) is 5.45. The van der Waals surface area contributed by atoms with E-state index in [9.17, 15) is 19.5 Å². The molecule has 3 atom stereocenters. The summed E-state index contributed by atoms with van der Waals surface area (Å²) < 4.78 is 0.